The quantitative estimate of drug-likeness (QED) is 0.387. The molecule has 0 aliphatic rings. The van der Waals surface area contributed by atoms with Gasteiger partial charge in [0.1, 0.15) is 0 Å². The van der Waals surface area contributed by atoms with E-state index in [0.29, 0.717) is 16.7 Å². The van der Waals surface area contributed by atoms with Gasteiger partial charge in [0, 0.05) is 11.1 Å². The monoisotopic (exact) mass is 309 g/mol. The molecular formula is C22H15NO. The van der Waals surface area contributed by atoms with E-state index in [9.17, 15) is 4.79 Å². The Bertz CT molecular complexity index is 902. The lowest BCUT2D eigenvalue weighted by Crippen LogP contribution is -2.02. The van der Waals surface area contributed by atoms with Crippen molar-refractivity contribution in [3.8, 4) is 6.07 Å². The highest BCUT2D eigenvalue weighted by Gasteiger charge is 2.14. The second-order valence-electron chi connectivity index (χ2n) is 5.35. The molecule has 0 aromatic heterocycles. The third-order valence-corrected chi connectivity index (χ3v) is 3.72. The first-order valence-corrected chi connectivity index (χ1v) is 7.65. The van der Waals surface area contributed by atoms with E-state index in [1.165, 1.54) is 0 Å². The van der Waals surface area contributed by atoms with Gasteiger partial charge in [-0.3, -0.25) is 4.79 Å². The average molecular weight is 309 g/mol. The molecule has 0 unspecified atom stereocenters. The lowest BCUT2D eigenvalue weighted by atomic mass is 9.94. The molecule has 0 N–H and O–H groups in total. The number of allylic oxidation sites excluding steroid dienone is 1. The Morgan fingerprint density at radius 2 is 1.29 bits per heavy atom. The number of ketones is 1. The SMILES string of the molecule is N#Cc1ccc(/C=C(\C(=O)c2ccccc2)c2ccccc2)cc1. The van der Waals surface area contributed by atoms with Gasteiger partial charge in [-0.05, 0) is 29.3 Å². The third kappa shape index (κ3) is 3.48. The molecule has 0 fully saturated rings. The maximum absolute atomic E-state index is 13.0. The van der Waals surface area contributed by atoms with Crippen LogP contribution in [0.3, 0.4) is 0 Å². The van der Waals surface area contributed by atoms with Gasteiger partial charge in [-0.25, -0.2) is 0 Å². The maximum Gasteiger partial charge on any atom is 0.193 e. The van der Waals surface area contributed by atoms with E-state index in [1.807, 2.05) is 78.9 Å². The van der Waals surface area contributed by atoms with Crippen molar-refractivity contribution in [2.75, 3.05) is 0 Å². The summed E-state index contributed by atoms with van der Waals surface area (Å²) in [6.45, 7) is 0. The number of hydrogen-bond donors (Lipinski definition) is 0. The van der Waals surface area contributed by atoms with Crippen molar-refractivity contribution in [3.63, 3.8) is 0 Å². The molecule has 3 aromatic carbocycles. The number of Topliss-reactive ketones (excluding diaryl/α,β-unsaturated/α-hetero) is 1. The highest BCUT2D eigenvalue weighted by Crippen LogP contribution is 2.23. The van der Waals surface area contributed by atoms with Crippen molar-refractivity contribution in [1.29, 1.82) is 5.26 Å². The minimum Gasteiger partial charge on any atom is -0.289 e. The first-order chi connectivity index (χ1) is 11.8. The van der Waals surface area contributed by atoms with Gasteiger partial charge in [0.2, 0.25) is 0 Å². The smallest absolute Gasteiger partial charge is 0.193 e. The number of benzene rings is 3. The molecule has 0 spiro atoms. The summed E-state index contributed by atoms with van der Waals surface area (Å²) in [7, 11) is 0. The zero-order valence-corrected chi connectivity index (χ0v) is 13.0. The second-order valence-corrected chi connectivity index (χ2v) is 5.35. The van der Waals surface area contributed by atoms with Crippen LogP contribution >= 0.6 is 0 Å². The molecular weight excluding hydrogens is 294 g/mol. The third-order valence-electron chi connectivity index (χ3n) is 3.72. The molecule has 0 atom stereocenters. The van der Waals surface area contributed by atoms with E-state index in [4.69, 9.17) is 5.26 Å². The lowest BCUT2D eigenvalue weighted by Gasteiger charge is -2.08. The Morgan fingerprint density at radius 3 is 1.83 bits per heavy atom. The zero-order chi connectivity index (χ0) is 16.8. The maximum atomic E-state index is 13.0. The molecule has 0 heterocycles. The fraction of sp³-hybridized carbons (Fsp3) is 0. The number of carbonyl (C=O) groups is 1. The molecule has 0 bridgehead atoms. The van der Waals surface area contributed by atoms with Gasteiger partial charge < -0.3 is 0 Å². The predicted octanol–water partition coefficient (Wildman–Crippen LogP) is 4.98. The average Bonchev–Trinajstić information content (AvgIpc) is 2.67. The van der Waals surface area contributed by atoms with Gasteiger partial charge in [-0.2, -0.15) is 5.26 Å². The molecule has 3 aromatic rings. The number of nitrogens with zero attached hydrogens (tertiary/aromatic N) is 1. The van der Waals surface area contributed by atoms with E-state index in [0.717, 1.165) is 11.1 Å². The van der Waals surface area contributed by atoms with E-state index in [2.05, 4.69) is 6.07 Å². The van der Waals surface area contributed by atoms with Crippen LogP contribution in [0.25, 0.3) is 11.6 Å². The summed E-state index contributed by atoms with van der Waals surface area (Å²) in [5.41, 5.74) is 3.64. The number of carbonyl (C=O) groups excluding carboxylic acids is 1. The van der Waals surface area contributed by atoms with E-state index in [-0.39, 0.29) is 5.78 Å². The van der Waals surface area contributed by atoms with Crippen LogP contribution in [-0.2, 0) is 0 Å². The molecule has 0 radical (unpaired) electrons. The highest BCUT2D eigenvalue weighted by molar-refractivity contribution is 6.32. The topological polar surface area (TPSA) is 40.9 Å². The van der Waals surface area contributed by atoms with Crippen molar-refractivity contribution in [2.24, 2.45) is 0 Å². The number of hydrogen-bond acceptors (Lipinski definition) is 2. The van der Waals surface area contributed by atoms with Crippen LogP contribution in [-0.4, -0.2) is 5.78 Å². The molecule has 3 rings (SSSR count). The lowest BCUT2D eigenvalue weighted by molar-refractivity contribution is 0.105. The summed E-state index contributed by atoms with van der Waals surface area (Å²) < 4.78 is 0. The minimum absolute atomic E-state index is 0.0221. The van der Waals surface area contributed by atoms with Crippen LogP contribution in [0.4, 0.5) is 0 Å². The normalized spacial score (nSPS) is 10.9. The Morgan fingerprint density at radius 1 is 0.750 bits per heavy atom. The van der Waals surface area contributed by atoms with Gasteiger partial charge >= 0.3 is 0 Å². The Kier molecular flexibility index (Phi) is 4.65. The van der Waals surface area contributed by atoms with Crippen LogP contribution < -0.4 is 0 Å². The van der Waals surface area contributed by atoms with Crippen molar-refractivity contribution in [2.45, 2.75) is 0 Å². The first kappa shape index (κ1) is 15.5. The molecule has 114 valence electrons. The molecule has 0 aliphatic heterocycles. The molecule has 0 saturated carbocycles. The molecule has 0 amide bonds. The number of nitriles is 1. The van der Waals surface area contributed by atoms with E-state index >= 15 is 0 Å². The zero-order valence-electron chi connectivity index (χ0n) is 13.0. The molecule has 2 heteroatoms. The van der Waals surface area contributed by atoms with Gasteiger partial charge in [-0.15, -0.1) is 0 Å². The summed E-state index contributed by atoms with van der Waals surface area (Å²) in [6, 6.07) is 28.2. The van der Waals surface area contributed by atoms with Gasteiger partial charge in [0.15, 0.2) is 5.78 Å². The fourth-order valence-corrected chi connectivity index (χ4v) is 2.46. The fourth-order valence-electron chi connectivity index (χ4n) is 2.46. The van der Waals surface area contributed by atoms with Crippen LogP contribution in [0.1, 0.15) is 27.0 Å². The van der Waals surface area contributed by atoms with E-state index < -0.39 is 0 Å². The summed E-state index contributed by atoms with van der Waals surface area (Å²) in [6.07, 6.45) is 1.87. The van der Waals surface area contributed by atoms with Crippen LogP contribution in [0.15, 0.2) is 84.9 Å². The second kappa shape index (κ2) is 7.21. The van der Waals surface area contributed by atoms with Crippen molar-refractivity contribution in [1.82, 2.24) is 0 Å². The standard InChI is InChI=1S/C22H15NO/c23-16-18-13-11-17(12-14-18)15-21(19-7-3-1-4-8-19)22(24)20-9-5-2-6-10-20/h1-15H/b21-15-. The summed E-state index contributed by atoms with van der Waals surface area (Å²) >= 11 is 0. The van der Waals surface area contributed by atoms with Gasteiger partial charge in [-0.1, -0.05) is 72.8 Å². The Hall–Kier alpha value is -3.44. The molecule has 2 nitrogen and oxygen atoms in total. The first-order valence-electron chi connectivity index (χ1n) is 7.65. The van der Waals surface area contributed by atoms with Crippen molar-refractivity contribution < 1.29 is 4.79 Å². The highest BCUT2D eigenvalue weighted by atomic mass is 16.1. The van der Waals surface area contributed by atoms with Crippen LogP contribution in [0, 0.1) is 11.3 Å². The largest absolute Gasteiger partial charge is 0.289 e. The summed E-state index contributed by atoms with van der Waals surface area (Å²) in [5, 5.41) is 8.91. The van der Waals surface area contributed by atoms with Crippen LogP contribution in [0.5, 0.6) is 0 Å². The summed E-state index contributed by atoms with van der Waals surface area (Å²) in [5.74, 6) is -0.0221. The van der Waals surface area contributed by atoms with Gasteiger partial charge in [0.05, 0.1) is 11.6 Å². The Labute approximate surface area is 141 Å². The Balaban J connectivity index is 2.07. The van der Waals surface area contributed by atoms with Gasteiger partial charge in [0.25, 0.3) is 0 Å². The molecule has 24 heavy (non-hydrogen) atoms. The number of rotatable bonds is 4. The van der Waals surface area contributed by atoms with E-state index in [1.54, 1.807) is 12.1 Å². The van der Waals surface area contributed by atoms with Crippen LogP contribution in [0.2, 0.25) is 0 Å². The minimum atomic E-state index is -0.0221. The molecule has 0 saturated heterocycles. The summed E-state index contributed by atoms with van der Waals surface area (Å²) in [4.78, 5) is 13.0. The molecule has 0 aliphatic carbocycles. The van der Waals surface area contributed by atoms with Crippen molar-refractivity contribution in [3.05, 3.63) is 107 Å². The van der Waals surface area contributed by atoms with Crippen molar-refractivity contribution >= 4 is 17.4 Å². The predicted molar refractivity (Wildman–Crippen MR) is 96.2 cm³/mol.